The lowest BCUT2D eigenvalue weighted by Crippen LogP contribution is -2.51. The Labute approximate surface area is 205 Å². The van der Waals surface area contributed by atoms with Gasteiger partial charge in [-0.3, -0.25) is 4.79 Å². The summed E-state index contributed by atoms with van der Waals surface area (Å²) in [6.45, 7) is 1.79. The van der Waals surface area contributed by atoms with Gasteiger partial charge in [-0.15, -0.1) is 0 Å². The third-order valence-electron chi connectivity index (χ3n) is 6.22. The molecule has 1 unspecified atom stereocenters. The van der Waals surface area contributed by atoms with Gasteiger partial charge in [-0.25, -0.2) is 9.78 Å². The number of carbonyl (C=O) groups is 1. The van der Waals surface area contributed by atoms with Crippen LogP contribution < -0.4 is 0 Å². The van der Waals surface area contributed by atoms with Crippen LogP contribution >= 0.6 is 0 Å². The van der Waals surface area contributed by atoms with Crippen molar-refractivity contribution in [2.75, 3.05) is 13.2 Å². The van der Waals surface area contributed by atoms with Gasteiger partial charge in [-0.2, -0.15) is 0 Å². The van der Waals surface area contributed by atoms with E-state index in [1.165, 1.54) is 44.9 Å². The third kappa shape index (κ3) is 13.8. The monoisotopic (exact) mass is 488 g/mol. The first-order valence-corrected chi connectivity index (χ1v) is 13.3. The van der Waals surface area contributed by atoms with Crippen molar-refractivity contribution in [1.82, 2.24) is 0 Å². The Kier molecular flexibility index (Phi) is 18.4. The van der Waals surface area contributed by atoms with Gasteiger partial charge >= 0.3 is 5.97 Å². The topological polar surface area (TPSA) is 126 Å². The molecule has 200 valence electrons. The van der Waals surface area contributed by atoms with Crippen molar-refractivity contribution in [1.29, 1.82) is 0 Å². The molecule has 1 fully saturated rings. The Morgan fingerprint density at radius 2 is 1.50 bits per heavy atom. The predicted octanol–water partition coefficient (Wildman–Crippen LogP) is 3.73. The second kappa shape index (κ2) is 20.2. The number of esters is 1. The molecular weight excluding hydrogens is 440 g/mol. The van der Waals surface area contributed by atoms with Gasteiger partial charge in [0.25, 0.3) is 0 Å². The van der Waals surface area contributed by atoms with Crippen molar-refractivity contribution in [3.63, 3.8) is 0 Å². The van der Waals surface area contributed by atoms with Gasteiger partial charge in [0.05, 0.1) is 13.2 Å². The summed E-state index contributed by atoms with van der Waals surface area (Å²) < 4.78 is 5.38. The molecule has 0 spiro atoms. The minimum atomic E-state index is -1.67. The van der Waals surface area contributed by atoms with Gasteiger partial charge in [0.2, 0.25) is 0 Å². The zero-order valence-electron chi connectivity index (χ0n) is 21.0. The molecule has 1 aliphatic heterocycles. The van der Waals surface area contributed by atoms with E-state index in [-0.39, 0.29) is 13.0 Å². The van der Waals surface area contributed by atoms with E-state index < -0.39 is 43.1 Å². The lowest BCUT2D eigenvalue weighted by Gasteiger charge is -2.30. The predicted molar refractivity (Wildman–Crippen MR) is 130 cm³/mol. The summed E-state index contributed by atoms with van der Waals surface area (Å²) in [6, 6.07) is 0. The lowest BCUT2D eigenvalue weighted by atomic mass is 9.98. The summed E-state index contributed by atoms with van der Waals surface area (Å²) in [5.41, 5.74) is 0. The second-order valence-corrected chi connectivity index (χ2v) is 9.27. The Bertz CT molecular complexity index is 521. The minimum absolute atomic E-state index is 0.202. The van der Waals surface area contributed by atoms with Crippen molar-refractivity contribution < 1.29 is 39.7 Å². The fourth-order valence-electron chi connectivity index (χ4n) is 4.01. The zero-order valence-corrected chi connectivity index (χ0v) is 21.0. The van der Waals surface area contributed by atoms with Crippen molar-refractivity contribution in [3.8, 4) is 0 Å². The van der Waals surface area contributed by atoms with Crippen LogP contribution in [0.1, 0.15) is 103 Å². The van der Waals surface area contributed by atoms with Gasteiger partial charge in [-0.1, -0.05) is 70.4 Å². The molecule has 4 N–H and O–H groups in total. The number of hydrogen-bond donors (Lipinski definition) is 4. The fourth-order valence-corrected chi connectivity index (χ4v) is 4.01. The van der Waals surface area contributed by atoms with Crippen molar-refractivity contribution in [3.05, 3.63) is 12.2 Å². The van der Waals surface area contributed by atoms with Crippen LogP contribution in [-0.4, -0.2) is 70.1 Å². The molecule has 0 aromatic rings. The fraction of sp³-hybridized carbons (Fsp3) is 0.885. The molecule has 0 aromatic heterocycles. The molecule has 1 heterocycles. The first-order chi connectivity index (χ1) is 16.5. The Hall–Kier alpha value is -1.03. The molecule has 0 aromatic carbocycles. The maximum absolute atomic E-state index is 12.3. The molecule has 1 rings (SSSR count). The Morgan fingerprint density at radius 3 is 2.06 bits per heavy atom. The quantitative estimate of drug-likeness (QED) is 0.0833. The van der Waals surface area contributed by atoms with E-state index in [1.54, 1.807) is 0 Å². The number of allylic oxidation sites excluding steroid dienone is 2. The van der Waals surface area contributed by atoms with E-state index in [9.17, 15) is 20.1 Å². The summed E-state index contributed by atoms with van der Waals surface area (Å²) in [5.74, 6) is -0.497. The highest BCUT2D eigenvalue weighted by Crippen LogP contribution is 2.22. The standard InChI is InChI=1S/C26H48O8/c1-2-3-4-5-6-7-8-9-10-11-12-13-14-15-16-17-23(29)33-26(22-18-19-32-34-22)25(31)24(30)21(28)20-27/h9-10,21-22,24-28,30-31H,2-8,11-20H2,1H3/b10-9-/t21-,22?,24-,25+,26+/m1/s1. The van der Waals surface area contributed by atoms with Crippen LogP contribution in [0.5, 0.6) is 0 Å². The smallest absolute Gasteiger partial charge is 0.306 e. The van der Waals surface area contributed by atoms with E-state index in [4.69, 9.17) is 19.6 Å². The maximum atomic E-state index is 12.3. The first-order valence-electron chi connectivity index (χ1n) is 13.3. The Balaban J connectivity index is 2.14. The van der Waals surface area contributed by atoms with E-state index in [1.807, 2.05) is 0 Å². The molecule has 0 amide bonds. The van der Waals surface area contributed by atoms with Crippen molar-refractivity contribution in [2.24, 2.45) is 0 Å². The van der Waals surface area contributed by atoms with E-state index >= 15 is 0 Å². The summed E-state index contributed by atoms with van der Waals surface area (Å²) >= 11 is 0. The minimum Gasteiger partial charge on any atom is -0.457 e. The molecule has 0 aliphatic carbocycles. The number of carbonyl (C=O) groups excluding carboxylic acids is 1. The molecule has 34 heavy (non-hydrogen) atoms. The molecule has 1 aliphatic rings. The summed E-state index contributed by atoms with van der Waals surface area (Å²) in [4.78, 5) is 22.1. The summed E-state index contributed by atoms with van der Waals surface area (Å²) in [6.07, 6.45) is 13.6. The number of rotatable bonds is 21. The maximum Gasteiger partial charge on any atom is 0.306 e. The SMILES string of the molecule is CCCCCCCC/C=C\CCCCCCCC(=O)O[C@@H](C1CCOO1)[C@@H](O)[C@H](O)[C@H](O)CO. The average Bonchev–Trinajstić information content (AvgIpc) is 3.38. The number of aliphatic hydroxyl groups is 4. The van der Waals surface area contributed by atoms with Crippen LogP contribution in [0.3, 0.4) is 0 Å². The highest BCUT2D eigenvalue weighted by Gasteiger charge is 2.41. The van der Waals surface area contributed by atoms with E-state index in [2.05, 4.69) is 19.1 Å². The normalized spacial score (nSPS) is 19.9. The second-order valence-electron chi connectivity index (χ2n) is 9.27. The van der Waals surface area contributed by atoms with Crippen molar-refractivity contribution >= 4 is 5.97 Å². The van der Waals surface area contributed by atoms with E-state index in [0.717, 1.165) is 32.1 Å². The van der Waals surface area contributed by atoms with Gasteiger partial charge in [0.1, 0.15) is 24.4 Å². The van der Waals surface area contributed by atoms with Crippen LogP contribution in [0, 0.1) is 0 Å². The van der Waals surface area contributed by atoms with Crippen LogP contribution in [0.25, 0.3) is 0 Å². The van der Waals surface area contributed by atoms with Gasteiger partial charge in [0.15, 0.2) is 6.10 Å². The number of unbranched alkanes of at least 4 members (excludes halogenated alkanes) is 11. The molecule has 0 bridgehead atoms. The Morgan fingerprint density at radius 1 is 0.912 bits per heavy atom. The van der Waals surface area contributed by atoms with E-state index in [0.29, 0.717) is 12.8 Å². The van der Waals surface area contributed by atoms with Gasteiger partial charge < -0.3 is 25.2 Å². The highest BCUT2D eigenvalue weighted by molar-refractivity contribution is 5.69. The van der Waals surface area contributed by atoms with Crippen LogP contribution in [0.4, 0.5) is 0 Å². The van der Waals surface area contributed by atoms with Crippen molar-refractivity contribution in [2.45, 2.75) is 134 Å². The summed E-state index contributed by atoms with van der Waals surface area (Å²) in [7, 11) is 0. The average molecular weight is 489 g/mol. The molecule has 0 radical (unpaired) electrons. The number of aliphatic hydroxyl groups excluding tert-OH is 4. The molecule has 5 atom stereocenters. The van der Waals surface area contributed by atoms with Crippen LogP contribution in [0.2, 0.25) is 0 Å². The largest absolute Gasteiger partial charge is 0.457 e. The van der Waals surface area contributed by atoms with Crippen LogP contribution in [-0.2, 0) is 19.3 Å². The third-order valence-corrected chi connectivity index (χ3v) is 6.22. The molecular formula is C26H48O8. The summed E-state index contributed by atoms with van der Waals surface area (Å²) in [5, 5.41) is 38.9. The molecule has 0 saturated carbocycles. The lowest BCUT2D eigenvalue weighted by molar-refractivity contribution is -0.298. The zero-order chi connectivity index (χ0) is 25.0. The molecule has 1 saturated heterocycles. The van der Waals surface area contributed by atoms with Gasteiger partial charge in [-0.05, 0) is 32.1 Å². The first kappa shape index (κ1) is 31.0. The number of hydrogen-bond acceptors (Lipinski definition) is 8. The molecule has 8 nitrogen and oxygen atoms in total. The highest BCUT2D eigenvalue weighted by atomic mass is 17.2. The van der Waals surface area contributed by atoms with Crippen LogP contribution in [0.15, 0.2) is 12.2 Å². The molecule has 8 heteroatoms. The van der Waals surface area contributed by atoms with Gasteiger partial charge in [0, 0.05) is 12.8 Å². The number of ether oxygens (including phenoxy) is 1.